The zero-order valence-corrected chi connectivity index (χ0v) is 19.4. The minimum Gasteiger partial charge on any atom is -0.479 e. The highest BCUT2D eigenvalue weighted by Gasteiger charge is 2.33. The van der Waals surface area contributed by atoms with Crippen LogP contribution in [0.1, 0.15) is 23.3 Å². The molecule has 0 saturated heterocycles. The predicted octanol–water partition coefficient (Wildman–Crippen LogP) is 4.42. The van der Waals surface area contributed by atoms with Crippen LogP contribution in [0.4, 0.5) is 5.69 Å². The molecule has 1 unspecified atom stereocenters. The van der Waals surface area contributed by atoms with Gasteiger partial charge in [0, 0.05) is 17.4 Å². The molecule has 1 aliphatic rings. The SMILES string of the molecule is CC1Oc2ccc(-c3csc(Cc4ccccc4)n3)cc2N(CC(=O)NCc2ccco2)C1=O. The largest absolute Gasteiger partial charge is 0.479 e. The molecule has 1 atom stereocenters. The maximum Gasteiger partial charge on any atom is 0.268 e. The molecule has 2 aromatic carbocycles. The zero-order chi connectivity index (χ0) is 23.5. The van der Waals surface area contributed by atoms with Crippen molar-refractivity contribution in [2.75, 3.05) is 11.4 Å². The summed E-state index contributed by atoms with van der Waals surface area (Å²) in [5, 5.41) is 5.81. The summed E-state index contributed by atoms with van der Waals surface area (Å²) in [6.45, 7) is 1.83. The third-order valence-corrected chi connectivity index (χ3v) is 6.40. The number of ether oxygens (including phenoxy) is 1. The van der Waals surface area contributed by atoms with Gasteiger partial charge in [-0.25, -0.2) is 4.98 Å². The number of benzene rings is 2. The second-order valence-electron chi connectivity index (χ2n) is 8.01. The highest BCUT2D eigenvalue weighted by atomic mass is 32.1. The Morgan fingerprint density at radius 1 is 1.15 bits per heavy atom. The minimum absolute atomic E-state index is 0.111. The normalized spacial score (nSPS) is 15.0. The lowest BCUT2D eigenvalue weighted by atomic mass is 10.1. The number of hydrogen-bond acceptors (Lipinski definition) is 6. The van der Waals surface area contributed by atoms with E-state index in [1.165, 1.54) is 10.5 Å². The Bertz CT molecular complexity index is 1300. The average Bonchev–Trinajstić information content (AvgIpc) is 3.54. The fourth-order valence-electron chi connectivity index (χ4n) is 3.82. The Hall–Kier alpha value is -3.91. The lowest BCUT2D eigenvalue weighted by molar-refractivity contribution is -0.128. The summed E-state index contributed by atoms with van der Waals surface area (Å²) in [5.41, 5.74) is 3.45. The zero-order valence-electron chi connectivity index (χ0n) is 18.6. The number of nitrogens with one attached hydrogen (secondary N) is 1. The number of amides is 2. The Kier molecular flexibility index (Phi) is 6.14. The average molecular weight is 474 g/mol. The standard InChI is InChI=1S/C26H23N3O4S/c1-17-26(31)29(15-24(30)27-14-20-8-5-11-32-20)22-13-19(9-10-23(22)33-17)21-16-34-25(28-21)12-18-6-3-2-4-7-18/h2-11,13,16-17H,12,14-15H2,1H3,(H,27,30). The molecule has 1 aliphatic heterocycles. The number of carbonyl (C=O) groups is 2. The first-order valence-electron chi connectivity index (χ1n) is 11.0. The van der Waals surface area contributed by atoms with Crippen LogP contribution < -0.4 is 15.0 Å². The summed E-state index contributed by atoms with van der Waals surface area (Å²) in [4.78, 5) is 31.8. The molecule has 2 aromatic heterocycles. The number of nitrogens with zero attached hydrogens (tertiary/aromatic N) is 2. The van der Waals surface area contributed by atoms with Gasteiger partial charge in [0.2, 0.25) is 5.91 Å². The summed E-state index contributed by atoms with van der Waals surface area (Å²) in [5.74, 6) is 0.664. The molecule has 5 rings (SSSR count). The summed E-state index contributed by atoms with van der Waals surface area (Å²) in [7, 11) is 0. The lowest BCUT2D eigenvalue weighted by Crippen LogP contribution is -2.48. The van der Waals surface area contributed by atoms with E-state index in [2.05, 4.69) is 17.4 Å². The molecule has 3 heterocycles. The first-order chi connectivity index (χ1) is 16.6. The summed E-state index contributed by atoms with van der Waals surface area (Å²) < 4.78 is 11.0. The molecule has 8 heteroatoms. The molecule has 0 spiro atoms. The molecule has 4 aromatic rings. The van der Waals surface area contributed by atoms with E-state index in [1.807, 2.05) is 41.8 Å². The number of thiazole rings is 1. The van der Waals surface area contributed by atoms with Gasteiger partial charge in [-0.2, -0.15) is 0 Å². The molecule has 7 nitrogen and oxygen atoms in total. The molecule has 0 bridgehead atoms. The number of hydrogen-bond donors (Lipinski definition) is 1. The van der Waals surface area contributed by atoms with Gasteiger partial charge < -0.3 is 14.5 Å². The maximum absolute atomic E-state index is 12.9. The van der Waals surface area contributed by atoms with Crippen LogP contribution in [-0.4, -0.2) is 29.4 Å². The molecule has 2 amide bonds. The quantitative estimate of drug-likeness (QED) is 0.429. The van der Waals surface area contributed by atoms with Crippen molar-refractivity contribution in [3.05, 3.63) is 88.6 Å². The first kappa shape index (κ1) is 21.9. The van der Waals surface area contributed by atoms with E-state index in [1.54, 1.807) is 36.7 Å². The maximum atomic E-state index is 12.9. The van der Waals surface area contributed by atoms with Gasteiger partial charge in [0.15, 0.2) is 6.10 Å². The van der Waals surface area contributed by atoms with Crippen LogP contribution >= 0.6 is 11.3 Å². The summed E-state index contributed by atoms with van der Waals surface area (Å²) in [6.07, 6.45) is 1.64. The van der Waals surface area contributed by atoms with Gasteiger partial charge in [0.25, 0.3) is 5.91 Å². The van der Waals surface area contributed by atoms with Crippen molar-refractivity contribution in [1.82, 2.24) is 10.3 Å². The molecule has 0 radical (unpaired) electrons. The van der Waals surface area contributed by atoms with Crippen LogP contribution in [0.25, 0.3) is 11.3 Å². The minimum atomic E-state index is -0.673. The molecule has 0 aliphatic carbocycles. The van der Waals surface area contributed by atoms with E-state index in [0.29, 0.717) is 17.2 Å². The second-order valence-corrected chi connectivity index (χ2v) is 8.95. The van der Waals surface area contributed by atoms with Gasteiger partial charge in [0.05, 0.1) is 29.2 Å². The van der Waals surface area contributed by atoms with E-state index in [4.69, 9.17) is 14.1 Å². The van der Waals surface area contributed by atoms with Gasteiger partial charge in [-0.15, -0.1) is 11.3 Å². The number of carbonyl (C=O) groups excluding carboxylic acids is 2. The Labute approximate surface area is 201 Å². The topological polar surface area (TPSA) is 84.7 Å². The van der Waals surface area contributed by atoms with Crippen molar-refractivity contribution >= 4 is 28.8 Å². The molecule has 172 valence electrons. The van der Waals surface area contributed by atoms with E-state index in [0.717, 1.165) is 22.7 Å². The van der Waals surface area contributed by atoms with Crippen molar-refractivity contribution in [2.45, 2.75) is 26.0 Å². The monoisotopic (exact) mass is 473 g/mol. The Morgan fingerprint density at radius 3 is 2.79 bits per heavy atom. The van der Waals surface area contributed by atoms with Crippen LogP contribution in [0.5, 0.6) is 5.75 Å². The van der Waals surface area contributed by atoms with E-state index in [-0.39, 0.29) is 24.9 Å². The highest BCUT2D eigenvalue weighted by molar-refractivity contribution is 7.10. The third kappa shape index (κ3) is 4.72. The number of rotatable bonds is 7. The molecule has 0 fully saturated rings. The van der Waals surface area contributed by atoms with Gasteiger partial charge in [-0.3, -0.25) is 14.5 Å². The van der Waals surface area contributed by atoms with Crippen molar-refractivity contribution in [3.63, 3.8) is 0 Å². The van der Waals surface area contributed by atoms with Crippen molar-refractivity contribution in [2.24, 2.45) is 0 Å². The predicted molar refractivity (Wildman–Crippen MR) is 130 cm³/mol. The van der Waals surface area contributed by atoms with Crippen LogP contribution in [0.3, 0.4) is 0 Å². The number of aromatic nitrogens is 1. The molecule has 1 N–H and O–H groups in total. The van der Waals surface area contributed by atoms with E-state index >= 15 is 0 Å². The second kappa shape index (κ2) is 9.52. The van der Waals surface area contributed by atoms with E-state index < -0.39 is 6.10 Å². The molecular formula is C26H23N3O4S. The number of furan rings is 1. The van der Waals surface area contributed by atoms with Crippen LogP contribution in [0.15, 0.2) is 76.7 Å². The van der Waals surface area contributed by atoms with Crippen molar-refractivity contribution in [3.8, 4) is 17.0 Å². The molecular weight excluding hydrogens is 450 g/mol. The van der Waals surface area contributed by atoms with Crippen LogP contribution in [-0.2, 0) is 22.6 Å². The number of anilines is 1. The fourth-order valence-corrected chi connectivity index (χ4v) is 4.66. The van der Waals surface area contributed by atoms with Crippen molar-refractivity contribution in [1.29, 1.82) is 0 Å². The Balaban J connectivity index is 1.36. The smallest absolute Gasteiger partial charge is 0.268 e. The first-order valence-corrected chi connectivity index (χ1v) is 11.8. The van der Waals surface area contributed by atoms with Gasteiger partial charge in [-0.05, 0) is 42.8 Å². The van der Waals surface area contributed by atoms with Gasteiger partial charge in [-0.1, -0.05) is 30.3 Å². The van der Waals surface area contributed by atoms with Crippen LogP contribution in [0.2, 0.25) is 0 Å². The van der Waals surface area contributed by atoms with E-state index in [9.17, 15) is 9.59 Å². The van der Waals surface area contributed by atoms with Crippen molar-refractivity contribution < 1.29 is 18.7 Å². The molecule has 34 heavy (non-hydrogen) atoms. The summed E-state index contributed by atoms with van der Waals surface area (Å²) >= 11 is 1.60. The van der Waals surface area contributed by atoms with Gasteiger partial charge in [0.1, 0.15) is 18.1 Å². The highest BCUT2D eigenvalue weighted by Crippen LogP contribution is 2.37. The lowest BCUT2D eigenvalue weighted by Gasteiger charge is -2.32. The summed E-state index contributed by atoms with van der Waals surface area (Å²) in [6, 6.07) is 19.4. The third-order valence-electron chi connectivity index (χ3n) is 5.55. The molecule has 0 saturated carbocycles. The Morgan fingerprint density at radius 2 is 2.00 bits per heavy atom. The fraction of sp³-hybridized carbons (Fsp3) is 0.192. The number of fused-ring (bicyclic) bond motifs is 1. The van der Waals surface area contributed by atoms with Gasteiger partial charge >= 0.3 is 0 Å². The van der Waals surface area contributed by atoms with Crippen LogP contribution in [0, 0.1) is 0 Å².